The SMILES string of the molecule is CN(C)CCn1ncc(Cl)c1C(O)C1CCSC1. The molecule has 2 unspecified atom stereocenters. The first-order valence-corrected chi connectivity index (χ1v) is 7.74. The molecule has 6 heteroatoms. The van der Waals surface area contributed by atoms with Crippen molar-refractivity contribution in [1.82, 2.24) is 14.7 Å². The van der Waals surface area contributed by atoms with E-state index >= 15 is 0 Å². The minimum Gasteiger partial charge on any atom is -0.386 e. The number of thioether (sulfide) groups is 1. The fraction of sp³-hybridized carbons (Fsp3) is 0.750. The van der Waals surface area contributed by atoms with Crippen LogP contribution in [0.5, 0.6) is 0 Å². The van der Waals surface area contributed by atoms with E-state index in [1.54, 1.807) is 6.20 Å². The Balaban J connectivity index is 2.12. The molecule has 0 aliphatic carbocycles. The maximum absolute atomic E-state index is 10.5. The second kappa shape index (κ2) is 6.28. The molecule has 0 amide bonds. The molecular formula is C12H20ClN3OS. The van der Waals surface area contributed by atoms with Crippen molar-refractivity contribution < 1.29 is 5.11 Å². The fourth-order valence-electron chi connectivity index (χ4n) is 2.16. The number of rotatable bonds is 5. The van der Waals surface area contributed by atoms with Gasteiger partial charge < -0.3 is 10.0 Å². The van der Waals surface area contributed by atoms with Gasteiger partial charge in [0.05, 0.1) is 23.5 Å². The van der Waals surface area contributed by atoms with Gasteiger partial charge in [-0.15, -0.1) is 0 Å². The Hall–Kier alpha value is -0.230. The molecule has 1 aliphatic heterocycles. The second-order valence-electron chi connectivity index (χ2n) is 4.97. The van der Waals surface area contributed by atoms with E-state index in [2.05, 4.69) is 10.00 Å². The summed E-state index contributed by atoms with van der Waals surface area (Å²) in [5, 5.41) is 15.3. The molecule has 1 aromatic heterocycles. The van der Waals surface area contributed by atoms with Gasteiger partial charge in [-0.2, -0.15) is 16.9 Å². The van der Waals surface area contributed by atoms with Crippen LogP contribution in [0.3, 0.4) is 0 Å². The van der Waals surface area contributed by atoms with Crippen molar-refractivity contribution in [1.29, 1.82) is 0 Å². The maximum Gasteiger partial charge on any atom is 0.101 e. The predicted octanol–water partition coefficient (Wildman–Crippen LogP) is 1.88. The van der Waals surface area contributed by atoms with Gasteiger partial charge in [0.25, 0.3) is 0 Å². The molecule has 2 atom stereocenters. The molecule has 0 radical (unpaired) electrons. The number of aromatic nitrogens is 2. The predicted molar refractivity (Wildman–Crippen MR) is 76.2 cm³/mol. The molecule has 1 fully saturated rings. The van der Waals surface area contributed by atoms with Crippen molar-refractivity contribution in [2.24, 2.45) is 5.92 Å². The zero-order chi connectivity index (χ0) is 13.1. The summed E-state index contributed by atoms with van der Waals surface area (Å²) < 4.78 is 1.84. The van der Waals surface area contributed by atoms with Crippen molar-refractivity contribution in [2.45, 2.75) is 19.1 Å². The van der Waals surface area contributed by atoms with Gasteiger partial charge >= 0.3 is 0 Å². The Morgan fingerprint density at radius 2 is 2.44 bits per heavy atom. The molecule has 1 aromatic rings. The quantitative estimate of drug-likeness (QED) is 0.899. The van der Waals surface area contributed by atoms with E-state index in [9.17, 15) is 5.11 Å². The average molecular weight is 290 g/mol. The summed E-state index contributed by atoms with van der Waals surface area (Å²) in [6, 6.07) is 0. The van der Waals surface area contributed by atoms with Crippen LogP contribution in [0.4, 0.5) is 0 Å². The highest BCUT2D eigenvalue weighted by molar-refractivity contribution is 7.99. The third-order valence-corrected chi connectivity index (χ3v) is 4.76. The average Bonchev–Trinajstić information content (AvgIpc) is 2.94. The summed E-state index contributed by atoms with van der Waals surface area (Å²) in [5.74, 6) is 2.45. The maximum atomic E-state index is 10.5. The van der Waals surface area contributed by atoms with Gasteiger partial charge in [0.2, 0.25) is 0 Å². The Labute approximate surface area is 117 Å². The van der Waals surface area contributed by atoms with Crippen molar-refractivity contribution in [3.05, 3.63) is 16.9 Å². The number of hydrogen-bond donors (Lipinski definition) is 1. The standard InChI is InChI=1S/C12H20ClN3OS/c1-15(2)4-5-16-11(10(13)7-14-16)12(17)9-3-6-18-8-9/h7,9,12,17H,3-6,8H2,1-2H3. The molecule has 1 N–H and O–H groups in total. The summed E-state index contributed by atoms with van der Waals surface area (Å²) in [6.45, 7) is 1.64. The molecule has 2 heterocycles. The van der Waals surface area contributed by atoms with Gasteiger partial charge in [-0.1, -0.05) is 11.6 Å². The van der Waals surface area contributed by atoms with Crippen LogP contribution in [0.1, 0.15) is 18.2 Å². The van der Waals surface area contributed by atoms with Crippen molar-refractivity contribution >= 4 is 23.4 Å². The zero-order valence-electron chi connectivity index (χ0n) is 10.8. The molecular weight excluding hydrogens is 270 g/mol. The third kappa shape index (κ3) is 3.20. The van der Waals surface area contributed by atoms with Crippen LogP contribution >= 0.6 is 23.4 Å². The first-order chi connectivity index (χ1) is 8.59. The minimum atomic E-state index is -0.489. The first-order valence-electron chi connectivity index (χ1n) is 6.21. The molecule has 102 valence electrons. The molecule has 1 saturated heterocycles. The van der Waals surface area contributed by atoms with Crippen LogP contribution in [-0.4, -0.2) is 51.9 Å². The van der Waals surface area contributed by atoms with E-state index < -0.39 is 6.10 Å². The lowest BCUT2D eigenvalue weighted by Crippen LogP contribution is -2.23. The van der Waals surface area contributed by atoms with Crippen molar-refractivity contribution in [3.63, 3.8) is 0 Å². The largest absolute Gasteiger partial charge is 0.386 e. The molecule has 0 aromatic carbocycles. The normalized spacial score (nSPS) is 21.7. The number of halogens is 1. The molecule has 18 heavy (non-hydrogen) atoms. The fourth-order valence-corrected chi connectivity index (χ4v) is 3.70. The lowest BCUT2D eigenvalue weighted by molar-refractivity contribution is 0.111. The molecule has 2 rings (SSSR count). The highest BCUT2D eigenvalue weighted by Crippen LogP contribution is 2.36. The highest BCUT2D eigenvalue weighted by atomic mass is 35.5. The Morgan fingerprint density at radius 3 is 3.06 bits per heavy atom. The van der Waals surface area contributed by atoms with Crippen LogP contribution in [0.25, 0.3) is 0 Å². The first kappa shape index (κ1) is 14.2. The van der Waals surface area contributed by atoms with E-state index in [0.717, 1.165) is 36.7 Å². The van der Waals surface area contributed by atoms with Crippen LogP contribution in [0, 0.1) is 5.92 Å². The summed E-state index contributed by atoms with van der Waals surface area (Å²) >= 11 is 8.07. The van der Waals surface area contributed by atoms with Gasteiger partial charge in [-0.05, 0) is 32.0 Å². The smallest absolute Gasteiger partial charge is 0.101 e. The van der Waals surface area contributed by atoms with Crippen LogP contribution in [0.15, 0.2) is 6.20 Å². The minimum absolute atomic E-state index is 0.308. The monoisotopic (exact) mass is 289 g/mol. The van der Waals surface area contributed by atoms with Crippen LogP contribution in [0.2, 0.25) is 5.02 Å². The van der Waals surface area contributed by atoms with Crippen molar-refractivity contribution in [3.8, 4) is 0 Å². The Bertz CT molecular complexity index is 391. The van der Waals surface area contributed by atoms with E-state index in [1.807, 2.05) is 30.5 Å². The number of nitrogens with zero attached hydrogens (tertiary/aromatic N) is 3. The van der Waals surface area contributed by atoms with E-state index in [1.165, 1.54) is 0 Å². The van der Waals surface area contributed by atoms with Gasteiger partial charge in [-0.3, -0.25) is 4.68 Å². The summed E-state index contributed by atoms with van der Waals surface area (Å²) in [4.78, 5) is 2.09. The van der Waals surface area contributed by atoms with Gasteiger partial charge in [0.15, 0.2) is 0 Å². The summed E-state index contributed by atoms with van der Waals surface area (Å²) in [6.07, 6.45) is 2.20. The lowest BCUT2D eigenvalue weighted by atomic mass is 9.99. The number of aliphatic hydroxyl groups is 1. The summed E-state index contributed by atoms with van der Waals surface area (Å²) in [7, 11) is 4.05. The third-order valence-electron chi connectivity index (χ3n) is 3.28. The zero-order valence-corrected chi connectivity index (χ0v) is 12.4. The molecule has 0 bridgehead atoms. The lowest BCUT2D eigenvalue weighted by Gasteiger charge is -2.20. The molecule has 1 aliphatic rings. The number of aliphatic hydroxyl groups excluding tert-OH is 1. The van der Waals surface area contributed by atoms with Crippen molar-refractivity contribution in [2.75, 3.05) is 32.1 Å². The number of likely N-dealkylation sites (N-methyl/N-ethyl adjacent to an activating group) is 1. The topological polar surface area (TPSA) is 41.3 Å². The van der Waals surface area contributed by atoms with Crippen LogP contribution < -0.4 is 0 Å². The Kier molecular flexibility index (Phi) is 4.95. The van der Waals surface area contributed by atoms with E-state index in [4.69, 9.17) is 11.6 Å². The Morgan fingerprint density at radius 1 is 1.67 bits per heavy atom. The van der Waals surface area contributed by atoms with Gasteiger partial charge in [0.1, 0.15) is 6.10 Å². The molecule has 4 nitrogen and oxygen atoms in total. The van der Waals surface area contributed by atoms with Gasteiger partial charge in [-0.25, -0.2) is 0 Å². The van der Waals surface area contributed by atoms with Gasteiger partial charge in [0, 0.05) is 12.5 Å². The van der Waals surface area contributed by atoms with E-state index in [0.29, 0.717) is 10.9 Å². The highest BCUT2D eigenvalue weighted by Gasteiger charge is 2.29. The number of hydrogen-bond acceptors (Lipinski definition) is 4. The molecule has 0 saturated carbocycles. The second-order valence-corrected chi connectivity index (χ2v) is 6.53. The van der Waals surface area contributed by atoms with E-state index in [-0.39, 0.29) is 0 Å². The summed E-state index contributed by atoms with van der Waals surface area (Å²) in [5.41, 5.74) is 0.783. The molecule has 0 spiro atoms. The van der Waals surface area contributed by atoms with Crippen LogP contribution in [-0.2, 0) is 6.54 Å².